The highest BCUT2D eigenvalue weighted by molar-refractivity contribution is 7.19. The molecule has 3 aromatic carbocycles. The number of hydrogen-bond acceptors (Lipinski definition) is 9. The van der Waals surface area contributed by atoms with Crippen LogP contribution in [0, 0.1) is 0 Å². The topological polar surface area (TPSA) is 106 Å². The second-order valence-corrected chi connectivity index (χ2v) is 11.2. The molecule has 1 atom stereocenters. The lowest BCUT2D eigenvalue weighted by atomic mass is 9.83. The fourth-order valence-electron chi connectivity index (χ4n) is 5.10. The molecule has 8 nitrogen and oxygen atoms in total. The molecule has 41 heavy (non-hydrogen) atoms. The van der Waals surface area contributed by atoms with Gasteiger partial charge in [-0.2, -0.15) is 0 Å². The maximum Gasteiger partial charge on any atom is 0.337 e. The number of allylic oxidation sites excluding steroid dienone is 1. The van der Waals surface area contributed by atoms with Gasteiger partial charge in [0.1, 0.15) is 27.0 Å². The molecule has 0 saturated carbocycles. The van der Waals surface area contributed by atoms with Gasteiger partial charge in [0.15, 0.2) is 0 Å². The zero-order valence-electron chi connectivity index (χ0n) is 22.4. The van der Waals surface area contributed by atoms with E-state index < -0.39 is 11.9 Å². The number of aromatic nitrogens is 2. The molecule has 206 valence electrons. The van der Waals surface area contributed by atoms with Gasteiger partial charge in [-0.1, -0.05) is 48.5 Å². The van der Waals surface area contributed by atoms with Crippen LogP contribution in [0.2, 0.25) is 0 Å². The number of nitrogens with zero attached hydrogens (tertiary/aromatic N) is 2. The number of nitrogens with two attached hydrogens (primary N) is 1. The van der Waals surface area contributed by atoms with Crippen molar-refractivity contribution in [1.29, 1.82) is 0 Å². The van der Waals surface area contributed by atoms with Crippen LogP contribution in [0.25, 0.3) is 33.3 Å². The molecule has 0 fully saturated rings. The summed E-state index contributed by atoms with van der Waals surface area (Å²) < 4.78 is 19.7. The lowest BCUT2D eigenvalue weighted by Gasteiger charge is -2.28. The Bertz CT molecular complexity index is 2000. The largest absolute Gasteiger partial charge is 0.496 e. The van der Waals surface area contributed by atoms with Crippen LogP contribution in [0.3, 0.4) is 0 Å². The van der Waals surface area contributed by atoms with E-state index in [4.69, 9.17) is 24.9 Å². The second kappa shape index (κ2) is 10.7. The molecule has 0 amide bonds. The summed E-state index contributed by atoms with van der Waals surface area (Å²) in [5.74, 6) is 0.0928. The fraction of sp³-hybridized carbons (Fsp3) is 0.129. The van der Waals surface area contributed by atoms with Crippen LogP contribution in [0.5, 0.6) is 11.5 Å². The summed E-state index contributed by atoms with van der Waals surface area (Å²) in [6, 6.07) is 22.6. The number of methoxy groups -OCH3 is 3. The Morgan fingerprint density at radius 3 is 2.34 bits per heavy atom. The summed E-state index contributed by atoms with van der Waals surface area (Å²) in [5, 5.41) is 0.597. The zero-order chi connectivity index (χ0) is 28.7. The minimum atomic E-state index is -0.712. The van der Waals surface area contributed by atoms with Crippen molar-refractivity contribution in [3.05, 3.63) is 108 Å². The van der Waals surface area contributed by atoms with Crippen molar-refractivity contribution in [2.75, 3.05) is 21.3 Å². The third kappa shape index (κ3) is 4.41. The molecule has 10 heteroatoms. The summed E-state index contributed by atoms with van der Waals surface area (Å²) in [6.45, 7) is 0. The van der Waals surface area contributed by atoms with Crippen molar-refractivity contribution >= 4 is 61.9 Å². The monoisotopic (exact) mass is 583 g/mol. The zero-order valence-corrected chi connectivity index (χ0v) is 24.0. The maximum absolute atomic E-state index is 14.0. The fourth-order valence-corrected chi connectivity index (χ4v) is 7.30. The molecule has 0 aliphatic carbocycles. The summed E-state index contributed by atoms with van der Waals surface area (Å²) in [6.07, 6.45) is 1.74. The number of hydrogen-bond donors (Lipinski definition) is 1. The minimum absolute atomic E-state index is 0.198. The normalized spacial score (nSPS) is 15.2. The lowest BCUT2D eigenvalue weighted by molar-refractivity contribution is -0.134. The van der Waals surface area contributed by atoms with Gasteiger partial charge >= 0.3 is 5.97 Å². The number of para-hydroxylation sites is 3. The number of fused-ring (bicyclic) bond motifs is 2. The van der Waals surface area contributed by atoms with E-state index in [0.29, 0.717) is 36.8 Å². The summed E-state index contributed by atoms with van der Waals surface area (Å²) in [5.41, 5.74) is 9.58. The Labute approximate surface area is 242 Å². The number of rotatable bonds is 6. The standard InChI is InChI=1S/C31H25N3O5S2/c1-37-20-13-7-4-10-17(20)16-23-29(35)34-27(32)25(28-33-19-12-6-9-15-22(19)40-28)24(18-11-5-8-14-21(18)38-2)26(30(34)41-23)31(36)39-3/h4-16,24H,32H2,1-3H3/b23-16+. The quantitative estimate of drug-likeness (QED) is 0.304. The van der Waals surface area contributed by atoms with Crippen molar-refractivity contribution in [3.63, 3.8) is 0 Å². The van der Waals surface area contributed by atoms with Crippen molar-refractivity contribution in [2.45, 2.75) is 5.92 Å². The van der Waals surface area contributed by atoms with Crippen LogP contribution in [0.1, 0.15) is 22.1 Å². The van der Waals surface area contributed by atoms with E-state index in [1.54, 1.807) is 20.3 Å². The Morgan fingerprint density at radius 1 is 0.927 bits per heavy atom. The summed E-state index contributed by atoms with van der Waals surface area (Å²) >= 11 is 2.62. The van der Waals surface area contributed by atoms with Gasteiger partial charge in [-0.3, -0.25) is 9.36 Å². The molecule has 5 aromatic rings. The van der Waals surface area contributed by atoms with Gasteiger partial charge < -0.3 is 19.9 Å². The predicted octanol–water partition coefficient (Wildman–Crippen LogP) is 3.77. The Hall–Kier alpha value is -4.67. The Morgan fingerprint density at radius 2 is 1.61 bits per heavy atom. The van der Waals surface area contributed by atoms with Gasteiger partial charge in [0.2, 0.25) is 0 Å². The Balaban J connectivity index is 1.75. The second-order valence-electron chi connectivity index (χ2n) is 9.16. The molecule has 1 aliphatic rings. The Kier molecular flexibility index (Phi) is 6.94. The highest BCUT2D eigenvalue weighted by Crippen LogP contribution is 2.46. The van der Waals surface area contributed by atoms with Crippen LogP contribution in [-0.2, 0) is 9.53 Å². The van der Waals surface area contributed by atoms with E-state index in [-0.39, 0.29) is 17.0 Å². The van der Waals surface area contributed by atoms with Crippen LogP contribution in [0.15, 0.2) is 77.6 Å². The van der Waals surface area contributed by atoms with Gasteiger partial charge in [-0.15, -0.1) is 22.7 Å². The van der Waals surface area contributed by atoms with Crippen LogP contribution < -0.4 is 30.0 Å². The number of ether oxygens (including phenoxy) is 3. The van der Waals surface area contributed by atoms with Crippen molar-refractivity contribution in [1.82, 2.24) is 9.55 Å². The van der Waals surface area contributed by atoms with E-state index in [9.17, 15) is 9.59 Å². The first kappa shape index (κ1) is 26.5. The molecule has 0 saturated heterocycles. The van der Waals surface area contributed by atoms with Gasteiger partial charge in [0.05, 0.1) is 47.6 Å². The average Bonchev–Trinajstić information content (AvgIpc) is 3.57. The van der Waals surface area contributed by atoms with Crippen LogP contribution in [-0.4, -0.2) is 36.8 Å². The third-order valence-corrected chi connectivity index (χ3v) is 9.13. The number of esters is 1. The minimum Gasteiger partial charge on any atom is -0.496 e. The number of benzene rings is 3. The highest BCUT2D eigenvalue weighted by Gasteiger charge is 2.39. The van der Waals surface area contributed by atoms with Gasteiger partial charge in [-0.05, 0) is 30.3 Å². The molecule has 2 aromatic heterocycles. The molecular formula is C31H25N3O5S2. The van der Waals surface area contributed by atoms with E-state index in [1.807, 2.05) is 72.8 Å². The molecule has 0 radical (unpaired) electrons. The van der Waals surface area contributed by atoms with Gasteiger partial charge in [0.25, 0.3) is 5.56 Å². The van der Waals surface area contributed by atoms with Gasteiger partial charge in [-0.25, -0.2) is 9.78 Å². The molecule has 6 rings (SSSR count). The van der Waals surface area contributed by atoms with Crippen LogP contribution >= 0.6 is 22.7 Å². The molecule has 3 heterocycles. The van der Waals surface area contributed by atoms with Crippen molar-refractivity contribution in [2.24, 2.45) is 5.73 Å². The molecular weight excluding hydrogens is 558 g/mol. The van der Waals surface area contributed by atoms with E-state index >= 15 is 0 Å². The third-order valence-electron chi connectivity index (χ3n) is 6.95. The molecule has 1 unspecified atom stereocenters. The summed E-state index contributed by atoms with van der Waals surface area (Å²) in [7, 11) is 4.47. The van der Waals surface area contributed by atoms with E-state index in [0.717, 1.165) is 15.8 Å². The predicted molar refractivity (Wildman–Crippen MR) is 162 cm³/mol. The average molecular weight is 584 g/mol. The number of carbonyl (C=O) groups excluding carboxylic acids is 1. The van der Waals surface area contributed by atoms with Gasteiger partial charge in [0, 0.05) is 16.7 Å². The molecule has 0 spiro atoms. The first-order valence-electron chi connectivity index (χ1n) is 12.6. The van der Waals surface area contributed by atoms with Crippen molar-refractivity contribution < 1.29 is 19.0 Å². The lowest BCUT2D eigenvalue weighted by Crippen LogP contribution is -2.40. The van der Waals surface area contributed by atoms with E-state index in [1.165, 1.54) is 34.4 Å². The molecule has 1 aliphatic heterocycles. The molecule has 2 N–H and O–H groups in total. The first-order valence-corrected chi connectivity index (χ1v) is 14.3. The maximum atomic E-state index is 14.0. The van der Waals surface area contributed by atoms with Crippen LogP contribution in [0.4, 0.5) is 0 Å². The smallest absolute Gasteiger partial charge is 0.337 e. The van der Waals surface area contributed by atoms with Crippen molar-refractivity contribution in [3.8, 4) is 11.5 Å². The number of thiazole rings is 2. The number of carbonyl (C=O) groups is 1. The first-order chi connectivity index (χ1) is 20.0. The highest BCUT2D eigenvalue weighted by atomic mass is 32.1. The molecule has 0 bridgehead atoms. The SMILES string of the molecule is COC(=O)C1=c2s/c(=C/c3ccccc3OC)c(=O)n2C(N)=C(c2nc3ccccc3s2)C1c1ccccc1OC. The summed E-state index contributed by atoms with van der Waals surface area (Å²) in [4.78, 5) is 32.5. The van der Waals surface area contributed by atoms with E-state index in [2.05, 4.69) is 0 Å².